The van der Waals surface area contributed by atoms with E-state index in [9.17, 15) is 0 Å². The molecular weight excluding hydrogens is 293 g/mol. The molecule has 0 radical (unpaired) electrons. The molecule has 0 aliphatic heterocycles. The lowest BCUT2D eigenvalue weighted by Crippen LogP contribution is -2.07. The van der Waals surface area contributed by atoms with Crippen LogP contribution in [0.15, 0.2) is 18.2 Å². The number of nitrogens with zero attached hydrogens (tertiary/aromatic N) is 2. The monoisotopic (exact) mass is 309 g/mol. The molecule has 1 N–H and O–H groups in total. The van der Waals surface area contributed by atoms with Gasteiger partial charge in [0, 0.05) is 23.4 Å². The Bertz CT molecular complexity index is 627. The standard InChI is InChI=1S/C15H17Cl2N3/c1-4-12-9(3)14(18-5-2)20-15(19-12)10-7-6-8-11(16)13(10)17/h6-8H,4-5H2,1-3H3,(H,18,19,20). The molecule has 2 rings (SSSR count). The summed E-state index contributed by atoms with van der Waals surface area (Å²) in [5, 5.41) is 4.27. The molecule has 0 atom stereocenters. The van der Waals surface area contributed by atoms with Crippen LogP contribution in [0.2, 0.25) is 10.0 Å². The molecule has 5 heteroatoms. The number of halogens is 2. The van der Waals surface area contributed by atoms with Gasteiger partial charge in [0.2, 0.25) is 0 Å². The minimum Gasteiger partial charge on any atom is -0.370 e. The summed E-state index contributed by atoms with van der Waals surface area (Å²) in [5.74, 6) is 1.46. The van der Waals surface area contributed by atoms with Crippen molar-refractivity contribution >= 4 is 29.0 Å². The molecule has 106 valence electrons. The maximum absolute atomic E-state index is 6.26. The molecule has 0 saturated heterocycles. The number of benzene rings is 1. The SMILES string of the molecule is CCNc1nc(-c2cccc(Cl)c2Cl)nc(CC)c1C. The average molecular weight is 310 g/mol. The number of rotatable bonds is 4. The highest BCUT2D eigenvalue weighted by atomic mass is 35.5. The van der Waals surface area contributed by atoms with Crippen LogP contribution in [0.25, 0.3) is 11.4 Å². The second-order valence-corrected chi connectivity index (χ2v) is 5.24. The number of nitrogens with one attached hydrogen (secondary N) is 1. The molecule has 0 amide bonds. The highest BCUT2D eigenvalue weighted by Gasteiger charge is 2.14. The summed E-state index contributed by atoms with van der Waals surface area (Å²) in [4.78, 5) is 9.19. The molecule has 3 nitrogen and oxygen atoms in total. The Hall–Kier alpha value is -1.32. The third-order valence-corrected chi connectivity index (χ3v) is 3.94. The maximum atomic E-state index is 6.26. The Morgan fingerprint density at radius 1 is 1.15 bits per heavy atom. The van der Waals surface area contributed by atoms with Crippen molar-refractivity contribution in [1.82, 2.24) is 9.97 Å². The molecule has 20 heavy (non-hydrogen) atoms. The quantitative estimate of drug-likeness (QED) is 0.885. The van der Waals surface area contributed by atoms with Crippen LogP contribution in [0.3, 0.4) is 0 Å². The van der Waals surface area contributed by atoms with Gasteiger partial charge in [-0.1, -0.05) is 36.2 Å². The smallest absolute Gasteiger partial charge is 0.163 e. The van der Waals surface area contributed by atoms with E-state index in [0.717, 1.165) is 35.6 Å². The van der Waals surface area contributed by atoms with Gasteiger partial charge >= 0.3 is 0 Å². The molecule has 0 bridgehead atoms. The fourth-order valence-electron chi connectivity index (χ4n) is 2.04. The van der Waals surface area contributed by atoms with Gasteiger partial charge in [-0.15, -0.1) is 0 Å². The van der Waals surface area contributed by atoms with E-state index in [4.69, 9.17) is 23.2 Å². The Balaban J connectivity index is 2.62. The Morgan fingerprint density at radius 2 is 1.90 bits per heavy atom. The first-order chi connectivity index (χ1) is 9.58. The third kappa shape index (κ3) is 2.89. The molecule has 1 aromatic carbocycles. The topological polar surface area (TPSA) is 37.8 Å². The van der Waals surface area contributed by atoms with E-state index in [0.29, 0.717) is 15.9 Å². The van der Waals surface area contributed by atoms with Crippen LogP contribution in [0, 0.1) is 6.92 Å². The van der Waals surface area contributed by atoms with Crippen molar-refractivity contribution in [3.63, 3.8) is 0 Å². The molecule has 0 aliphatic rings. The number of anilines is 1. The highest BCUT2D eigenvalue weighted by molar-refractivity contribution is 6.43. The lowest BCUT2D eigenvalue weighted by atomic mass is 10.1. The van der Waals surface area contributed by atoms with Gasteiger partial charge in [-0.05, 0) is 32.4 Å². The lowest BCUT2D eigenvalue weighted by molar-refractivity contribution is 0.970. The zero-order valence-electron chi connectivity index (χ0n) is 11.8. The van der Waals surface area contributed by atoms with Crippen LogP contribution in [0.4, 0.5) is 5.82 Å². The van der Waals surface area contributed by atoms with E-state index in [1.54, 1.807) is 6.07 Å². The first kappa shape index (κ1) is 15.1. The molecule has 2 aromatic rings. The summed E-state index contributed by atoms with van der Waals surface area (Å²) in [5.41, 5.74) is 2.85. The van der Waals surface area contributed by atoms with Gasteiger partial charge in [-0.2, -0.15) is 0 Å². The van der Waals surface area contributed by atoms with Gasteiger partial charge in [0.25, 0.3) is 0 Å². The van der Waals surface area contributed by atoms with Crippen molar-refractivity contribution < 1.29 is 0 Å². The van der Waals surface area contributed by atoms with Gasteiger partial charge < -0.3 is 5.32 Å². The number of aryl methyl sites for hydroxylation is 1. The van der Waals surface area contributed by atoms with E-state index in [2.05, 4.69) is 22.2 Å². The van der Waals surface area contributed by atoms with Gasteiger partial charge in [0.05, 0.1) is 10.0 Å². The Labute approximate surface area is 129 Å². The number of aromatic nitrogens is 2. The fraction of sp³-hybridized carbons (Fsp3) is 0.333. The average Bonchev–Trinajstić information content (AvgIpc) is 2.44. The third-order valence-electron chi connectivity index (χ3n) is 3.12. The zero-order valence-corrected chi connectivity index (χ0v) is 13.3. The van der Waals surface area contributed by atoms with E-state index in [1.807, 2.05) is 26.0 Å². The molecule has 0 spiro atoms. The van der Waals surface area contributed by atoms with Crippen molar-refractivity contribution in [2.24, 2.45) is 0 Å². The molecule has 1 heterocycles. The van der Waals surface area contributed by atoms with Gasteiger partial charge in [0.1, 0.15) is 5.82 Å². The summed E-state index contributed by atoms with van der Waals surface area (Å²) < 4.78 is 0. The van der Waals surface area contributed by atoms with E-state index < -0.39 is 0 Å². The second kappa shape index (κ2) is 6.42. The summed E-state index contributed by atoms with van der Waals surface area (Å²) in [7, 11) is 0. The van der Waals surface area contributed by atoms with E-state index >= 15 is 0 Å². The number of hydrogen-bond acceptors (Lipinski definition) is 3. The highest BCUT2D eigenvalue weighted by Crippen LogP contribution is 2.33. The van der Waals surface area contributed by atoms with Crippen molar-refractivity contribution in [3.05, 3.63) is 39.5 Å². The van der Waals surface area contributed by atoms with E-state index in [1.165, 1.54) is 0 Å². The van der Waals surface area contributed by atoms with Crippen LogP contribution >= 0.6 is 23.2 Å². The number of hydrogen-bond donors (Lipinski definition) is 1. The normalized spacial score (nSPS) is 10.7. The predicted molar refractivity (Wildman–Crippen MR) is 85.8 cm³/mol. The van der Waals surface area contributed by atoms with Crippen LogP contribution < -0.4 is 5.32 Å². The molecule has 0 fully saturated rings. The minimum absolute atomic E-state index is 0.488. The molecule has 1 aromatic heterocycles. The zero-order chi connectivity index (χ0) is 14.7. The van der Waals surface area contributed by atoms with E-state index in [-0.39, 0.29) is 0 Å². The Morgan fingerprint density at radius 3 is 2.55 bits per heavy atom. The van der Waals surface area contributed by atoms with Crippen LogP contribution in [-0.4, -0.2) is 16.5 Å². The largest absolute Gasteiger partial charge is 0.370 e. The summed E-state index contributed by atoms with van der Waals surface area (Å²) in [6.07, 6.45) is 0.845. The lowest BCUT2D eigenvalue weighted by Gasteiger charge is -2.13. The predicted octanol–water partition coefficient (Wildman–Crippen LogP) is 4.75. The second-order valence-electron chi connectivity index (χ2n) is 4.45. The summed E-state index contributed by atoms with van der Waals surface area (Å²) in [6.45, 7) is 6.96. The van der Waals surface area contributed by atoms with Gasteiger partial charge in [-0.3, -0.25) is 0 Å². The first-order valence-corrected chi connectivity index (χ1v) is 7.39. The van der Waals surface area contributed by atoms with Crippen molar-refractivity contribution in [2.75, 3.05) is 11.9 Å². The fourth-order valence-corrected chi connectivity index (χ4v) is 2.43. The van der Waals surface area contributed by atoms with Crippen LogP contribution in [0.1, 0.15) is 25.1 Å². The van der Waals surface area contributed by atoms with Gasteiger partial charge in [-0.25, -0.2) is 9.97 Å². The van der Waals surface area contributed by atoms with Crippen molar-refractivity contribution in [1.29, 1.82) is 0 Å². The molecule has 0 aliphatic carbocycles. The molecule has 0 unspecified atom stereocenters. The van der Waals surface area contributed by atoms with Gasteiger partial charge in [0.15, 0.2) is 5.82 Å². The summed E-state index contributed by atoms with van der Waals surface area (Å²) >= 11 is 12.3. The summed E-state index contributed by atoms with van der Waals surface area (Å²) in [6, 6.07) is 5.49. The van der Waals surface area contributed by atoms with Crippen molar-refractivity contribution in [3.8, 4) is 11.4 Å². The maximum Gasteiger partial charge on any atom is 0.163 e. The molecule has 0 saturated carbocycles. The van der Waals surface area contributed by atoms with Crippen LogP contribution in [0.5, 0.6) is 0 Å². The van der Waals surface area contributed by atoms with Crippen molar-refractivity contribution in [2.45, 2.75) is 27.2 Å². The minimum atomic E-state index is 0.488. The Kier molecular flexibility index (Phi) is 4.84. The van der Waals surface area contributed by atoms with Crippen LogP contribution in [-0.2, 0) is 6.42 Å². The molecular formula is C15H17Cl2N3. The first-order valence-electron chi connectivity index (χ1n) is 6.64.